The third-order valence-electron chi connectivity index (χ3n) is 4.09. The molecule has 8 nitrogen and oxygen atoms in total. The number of aliphatic hydroxyl groups is 1. The number of nitrogens with one attached hydrogen (secondary N) is 2. The fourth-order valence-electron chi connectivity index (χ4n) is 2.66. The number of amides is 2. The molecular formula is C20H20N2O6. The highest BCUT2D eigenvalue weighted by Gasteiger charge is 2.23. The molecular weight excluding hydrogens is 364 g/mol. The second-order valence-electron chi connectivity index (χ2n) is 5.92. The maximum Gasteiger partial charge on any atom is 0.287 e. The van der Waals surface area contributed by atoms with E-state index in [0.717, 1.165) is 0 Å². The van der Waals surface area contributed by atoms with Crippen molar-refractivity contribution in [1.29, 1.82) is 0 Å². The van der Waals surface area contributed by atoms with Crippen LogP contribution in [0, 0.1) is 0 Å². The fourth-order valence-corrected chi connectivity index (χ4v) is 2.66. The van der Waals surface area contributed by atoms with Crippen molar-refractivity contribution >= 4 is 28.5 Å². The van der Waals surface area contributed by atoms with E-state index in [9.17, 15) is 14.7 Å². The fraction of sp³-hybridized carbons (Fsp3) is 0.200. The molecule has 1 heterocycles. The van der Waals surface area contributed by atoms with E-state index in [1.165, 1.54) is 14.2 Å². The van der Waals surface area contributed by atoms with Crippen LogP contribution in [-0.4, -0.2) is 43.8 Å². The van der Waals surface area contributed by atoms with E-state index in [4.69, 9.17) is 13.9 Å². The minimum atomic E-state index is -1.16. The van der Waals surface area contributed by atoms with Gasteiger partial charge in [0.05, 0.1) is 20.8 Å². The van der Waals surface area contributed by atoms with Gasteiger partial charge < -0.3 is 29.6 Å². The van der Waals surface area contributed by atoms with Crippen LogP contribution in [0.15, 0.2) is 52.9 Å². The zero-order chi connectivity index (χ0) is 20.1. The summed E-state index contributed by atoms with van der Waals surface area (Å²) in [6.07, 6.45) is 0. The number of carbonyl (C=O) groups excluding carboxylic acids is 2. The number of aliphatic hydroxyl groups excluding tert-OH is 1. The van der Waals surface area contributed by atoms with Gasteiger partial charge in [0.25, 0.3) is 5.91 Å². The second kappa shape index (κ2) is 8.45. The maximum atomic E-state index is 12.5. The lowest BCUT2D eigenvalue weighted by molar-refractivity contribution is -0.118. The van der Waals surface area contributed by atoms with Gasteiger partial charge in [-0.25, -0.2) is 0 Å². The number of carbonyl (C=O) groups is 2. The molecule has 0 aliphatic carbocycles. The first-order valence-corrected chi connectivity index (χ1v) is 8.49. The van der Waals surface area contributed by atoms with E-state index < -0.39 is 24.5 Å². The van der Waals surface area contributed by atoms with Gasteiger partial charge in [-0.2, -0.15) is 0 Å². The Hall–Kier alpha value is -3.52. The number of methoxy groups -OCH3 is 2. The lowest BCUT2D eigenvalue weighted by atomic mass is 10.2. The largest absolute Gasteiger partial charge is 0.497 e. The number of para-hydroxylation sites is 1. The van der Waals surface area contributed by atoms with Crippen LogP contribution >= 0.6 is 0 Å². The van der Waals surface area contributed by atoms with Crippen molar-refractivity contribution in [1.82, 2.24) is 5.32 Å². The molecule has 0 bridgehead atoms. The number of benzene rings is 2. The molecule has 0 radical (unpaired) electrons. The highest BCUT2D eigenvalue weighted by atomic mass is 16.5. The lowest BCUT2D eigenvalue weighted by Crippen LogP contribution is -2.46. The van der Waals surface area contributed by atoms with Crippen molar-refractivity contribution in [3.63, 3.8) is 0 Å². The zero-order valence-electron chi connectivity index (χ0n) is 15.4. The van der Waals surface area contributed by atoms with Gasteiger partial charge in [0.15, 0.2) is 17.1 Å². The monoisotopic (exact) mass is 384 g/mol. The third kappa shape index (κ3) is 4.07. The predicted molar refractivity (Wildman–Crippen MR) is 103 cm³/mol. The smallest absolute Gasteiger partial charge is 0.287 e. The van der Waals surface area contributed by atoms with Crippen molar-refractivity contribution in [2.45, 2.75) is 6.04 Å². The lowest BCUT2D eigenvalue weighted by Gasteiger charge is -2.15. The van der Waals surface area contributed by atoms with Crippen LogP contribution < -0.4 is 20.1 Å². The highest BCUT2D eigenvalue weighted by Crippen LogP contribution is 2.28. The van der Waals surface area contributed by atoms with E-state index in [1.807, 2.05) is 0 Å². The van der Waals surface area contributed by atoms with Gasteiger partial charge in [-0.1, -0.05) is 18.2 Å². The van der Waals surface area contributed by atoms with Gasteiger partial charge in [-0.3, -0.25) is 9.59 Å². The maximum absolute atomic E-state index is 12.5. The summed E-state index contributed by atoms with van der Waals surface area (Å²) in [7, 11) is 3.02. The summed E-state index contributed by atoms with van der Waals surface area (Å²) in [6.45, 7) is -0.578. The van der Waals surface area contributed by atoms with Crippen molar-refractivity contribution < 1.29 is 28.6 Å². The van der Waals surface area contributed by atoms with Gasteiger partial charge in [0.2, 0.25) is 5.91 Å². The van der Waals surface area contributed by atoms with Crippen LogP contribution in [0.3, 0.4) is 0 Å². The molecule has 2 amide bonds. The molecule has 0 saturated carbocycles. The minimum Gasteiger partial charge on any atom is -0.497 e. The SMILES string of the molecule is COc1cccc(NC(=O)[C@H](CO)NC(=O)c2cc3cccc(OC)c3o2)c1. The molecule has 3 N–H and O–H groups in total. The Morgan fingerprint density at radius 2 is 1.89 bits per heavy atom. The number of ether oxygens (including phenoxy) is 2. The van der Waals surface area contributed by atoms with Crippen molar-refractivity contribution in [3.05, 3.63) is 54.3 Å². The van der Waals surface area contributed by atoms with Crippen LogP contribution in [0.4, 0.5) is 5.69 Å². The number of hydrogen-bond acceptors (Lipinski definition) is 6. The average molecular weight is 384 g/mol. The molecule has 8 heteroatoms. The molecule has 0 saturated heterocycles. The molecule has 3 rings (SSSR count). The summed E-state index contributed by atoms with van der Waals surface area (Å²) in [5, 5.41) is 15.3. The molecule has 0 unspecified atom stereocenters. The first-order chi connectivity index (χ1) is 13.5. The summed E-state index contributed by atoms with van der Waals surface area (Å²) in [6, 6.07) is 12.4. The molecule has 28 heavy (non-hydrogen) atoms. The Labute approximate surface area is 161 Å². The Morgan fingerprint density at radius 3 is 2.61 bits per heavy atom. The molecule has 3 aromatic rings. The van der Waals surface area contributed by atoms with Gasteiger partial charge in [-0.15, -0.1) is 0 Å². The quantitative estimate of drug-likeness (QED) is 0.576. The summed E-state index contributed by atoms with van der Waals surface area (Å²) >= 11 is 0. The van der Waals surface area contributed by atoms with Gasteiger partial charge >= 0.3 is 0 Å². The van der Waals surface area contributed by atoms with E-state index in [-0.39, 0.29) is 5.76 Å². The van der Waals surface area contributed by atoms with E-state index in [0.29, 0.717) is 28.2 Å². The van der Waals surface area contributed by atoms with Gasteiger partial charge in [-0.05, 0) is 24.3 Å². The Bertz CT molecular complexity index is 997. The highest BCUT2D eigenvalue weighted by molar-refractivity contribution is 6.02. The normalized spacial score (nSPS) is 11.7. The molecule has 0 spiro atoms. The van der Waals surface area contributed by atoms with Gasteiger partial charge in [0.1, 0.15) is 11.8 Å². The van der Waals surface area contributed by atoms with E-state index >= 15 is 0 Å². The first kappa shape index (κ1) is 19.2. The molecule has 0 aliphatic heterocycles. The van der Waals surface area contributed by atoms with Crippen LogP contribution in [0.5, 0.6) is 11.5 Å². The van der Waals surface area contributed by atoms with E-state index in [1.54, 1.807) is 48.5 Å². The number of fused-ring (bicyclic) bond motifs is 1. The molecule has 2 aromatic carbocycles. The molecule has 0 aliphatic rings. The zero-order valence-corrected chi connectivity index (χ0v) is 15.4. The van der Waals surface area contributed by atoms with Crippen LogP contribution in [-0.2, 0) is 4.79 Å². The summed E-state index contributed by atoms with van der Waals surface area (Å²) in [5.74, 6) is -0.132. The number of hydrogen-bond donors (Lipinski definition) is 3. The van der Waals surface area contributed by atoms with E-state index in [2.05, 4.69) is 10.6 Å². The predicted octanol–water partition coefficient (Wildman–Crippen LogP) is 2.18. The van der Waals surface area contributed by atoms with Crippen LogP contribution in [0.25, 0.3) is 11.0 Å². The molecule has 1 aromatic heterocycles. The number of furan rings is 1. The van der Waals surface area contributed by atoms with Crippen molar-refractivity contribution in [2.24, 2.45) is 0 Å². The van der Waals surface area contributed by atoms with Crippen LogP contribution in [0.1, 0.15) is 10.6 Å². The Balaban J connectivity index is 1.73. The Morgan fingerprint density at radius 1 is 1.11 bits per heavy atom. The average Bonchev–Trinajstić information content (AvgIpc) is 3.16. The standard InChI is InChI=1S/C20H20N2O6/c1-26-14-7-4-6-13(10-14)21-19(24)15(11-23)22-20(25)17-9-12-5-3-8-16(27-2)18(12)28-17/h3-10,15,23H,11H2,1-2H3,(H,21,24)(H,22,25)/t15-/m0/s1. The minimum absolute atomic E-state index is 0.00660. The summed E-state index contributed by atoms with van der Waals surface area (Å²) < 4.78 is 15.9. The summed E-state index contributed by atoms with van der Waals surface area (Å²) in [4.78, 5) is 24.9. The Kier molecular flexibility index (Phi) is 5.81. The second-order valence-corrected chi connectivity index (χ2v) is 5.92. The third-order valence-corrected chi connectivity index (χ3v) is 4.09. The number of rotatable bonds is 7. The van der Waals surface area contributed by atoms with Crippen molar-refractivity contribution in [2.75, 3.05) is 26.1 Å². The first-order valence-electron chi connectivity index (χ1n) is 8.49. The van der Waals surface area contributed by atoms with Crippen LogP contribution in [0.2, 0.25) is 0 Å². The molecule has 0 fully saturated rings. The van der Waals surface area contributed by atoms with Gasteiger partial charge in [0, 0.05) is 17.1 Å². The molecule has 146 valence electrons. The molecule has 1 atom stereocenters. The summed E-state index contributed by atoms with van der Waals surface area (Å²) in [5.41, 5.74) is 0.905. The van der Waals surface area contributed by atoms with Crippen molar-refractivity contribution in [3.8, 4) is 11.5 Å². The topological polar surface area (TPSA) is 110 Å². The number of anilines is 1.